The number of rotatable bonds is 5. The first-order valence-electron chi connectivity index (χ1n) is 9.09. The number of hydrogen-bond acceptors (Lipinski definition) is 4. The minimum Gasteiger partial charge on any atom is -0.481 e. The number of allylic oxidation sites excluding steroid dienone is 2. The van der Waals surface area contributed by atoms with Gasteiger partial charge in [-0.2, -0.15) is 5.26 Å². The van der Waals surface area contributed by atoms with Gasteiger partial charge in [-0.3, -0.25) is 14.6 Å². The van der Waals surface area contributed by atoms with Gasteiger partial charge >= 0.3 is 5.97 Å². The van der Waals surface area contributed by atoms with Gasteiger partial charge in [0, 0.05) is 0 Å². The Morgan fingerprint density at radius 3 is 2.71 bits per heavy atom. The van der Waals surface area contributed by atoms with Crippen LogP contribution in [0.1, 0.15) is 60.7 Å². The van der Waals surface area contributed by atoms with Crippen molar-refractivity contribution >= 4 is 23.1 Å². The lowest BCUT2D eigenvalue weighted by atomic mass is 9.77. The van der Waals surface area contributed by atoms with E-state index >= 15 is 0 Å². The number of amides is 1. The quantitative estimate of drug-likeness (QED) is 0.732. The van der Waals surface area contributed by atoms with E-state index in [1.54, 1.807) is 18.2 Å². The number of aromatic nitrogens is 2. The fourth-order valence-corrected chi connectivity index (χ4v) is 3.17. The van der Waals surface area contributed by atoms with Crippen molar-refractivity contribution in [2.45, 2.75) is 39.5 Å². The third kappa shape index (κ3) is 4.46. The second kappa shape index (κ2) is 7.69. The van der Waals surface area contributed by atoms with Crippen molar-refractivity contribution in [3.05, 3.63) is 53.1 Å². The lowest BCUT2D eigenvalue weighted by Gasteiger charge is -2.29. The summed E-state index contributed by atoms with van der Waals surface area (Å²) in [7, 11) is 0. The molecule has 0 bridgehead atoms. The van der Waals surface area contributed by atoms with Crippen molar-refractivity contribution in [1.29, 1.82) is 5.26 Å². The Morgan fingerprint density at radius 1 is 1.32 bits per heavy atom. The third-order valence-corrected chi connectivity index (χ3v) is 4.86. The smallest absolute Gasteiger partial charge is 0.309 e. The van der Waals surface area contributed by atoms with Gasteiger partial charge in [0.25, 0.3) is 5.91 Å². The van der Waals surface area contributed by atoms with Gasteiger partial charge < -0.3 is 15.4 Å². The number of carboxylic acid groups (broad SMARTS) is 1. The van der Waals surface area contributed by atoms with Gasteiger partial charge in [0.1, 0.15) is 17.5 Å². The Labute approximate surface area is 163 Å². The third-order valence-electron chi connectivity index (χ3n) is 4.86. The minimum absolute atomic E-state index is 0.178. The lowest BCUT2D eigenvalue weighted by molar-refractivity contribution is -0.136. The van der Waals surface area contributed by atoms with E-state index in [0.717, 1.165) is 24.8 Å². The van der Waals surface area contributed by atoms with Crippen LogP contribution in [-0.4, -0.2) is 27.0 Å². The van der Waals surface area contributed by atoms with Gasteiger partial charge in [0.05, 0.1) is 23.5 Å². The number of anilines is 1. The van der Waals surface area contributed by atoms with Crippen molar-refractivity contribution in [2.75, 3.05) is 5.32 Å². The largest absolute Gasteiger partial charge is 0.481 e. The highest BCUT2D eigenvalue weighted by atomic mass is 16.4. The van der Waals surface area contributed by atoms with Crippen molar-refractivity contribution in [1.82, 2.24) is 9.97 Å². The van der Waals surface area contributed by atoms with Crippen molar-refractivity contribution in [2.24, 2.45) is 5.41 Å². The summed E-state index contributed by atoms with van der Waals surface area (Å²) in [4.78, 5) is 30.9. The van der Waals surface area contributed by atoms with Crippen molar-refractivity contribution in [3.63, 3.8) is 0 Å². The predicted molar refractivity (Wildman–Crippen MR) is 105 cm³/mol. The zero-order valence-corrected chi connectivity index (χ0v) is 15.9. The Morgan fingerprint density at radius 2 is 2.11 bits per heavy atom. The fourth-order valence-electron chi connectivity index (χ4n) is 3.17. The lowest BCUT2D eigenvalue weighted by Crippen LogP contribution is -2.18. The number of carboxylic acids is 1. The number of nitriles is 1. The summed E-state index contributed by atoms with van der Waals surface area (Å²) in [5.74, 6) is -1.34. The normalized spacial score (nSPS) is 15.4. The molecular weight excluding hydrogens is 356 g/mol. The number of nitrogens with one attached hydrogen (secondary N) is 2. The Kier molecular flexibility index (Phi) is 5.32. The van der Waals surface area contributed by atoms with E-state index in [4.69, 9.17) is 10.4 Å². The molecule has 0 saturated heterocycles. The molecule has 2 aromatic rings. The maximum atomic E-state index is 12.6. The number of aromatic amines is 1. The highest BCUT2D eigenvalue weighted by Gasteiger charge is 2.24. The molecule has 0 unspecified atom stereocenters. The summed E-state index contributed by atoms with van der Waals surface area (Å²) in [6.07, 6.45) is 4.62. The van der Waals surface area contributed by atoms with E-state index in [1.165, 1.54) is 6.07 Å². The van der Waals surface area contributed by atoms with Gasteiger partial charge in [0.2, 0.25) is 0 Å². The first-order chi connectivity index (χ1) is 13.3. The minimum atomic E-state index is -0.954. The highest BCUT2D eigenvalue weighted by molar-refractivity contribution is 6.04. The van der Waals surface area contributed by atoms with E-state index in [-0.39, 0.29) is 23.4 Å². The average molecular weight is 378 g/mol. The number of H-pyrrole nitrogens is 1. The Balaban J connectivity index is 1.93. The van der Waals surface area contributed by atoms with Crippen molar-refractivity contribution in [3.8, 4) is 6.07 Å². The number of pyridine rings is 1. The van der Waals surface area contributed by atoms with E-state index in [9.17, 15) is 9.59 Å². The van der Waals surface area contributed by atoms with E-state index in [2.05, 4.69) is 35.2 Å². The van der Waals surface area contributed by atoms with Crippen LogP contribution in [0, 0.1) is 16.7 Å². The van der Waals surface area contributed by atoms with Crippen LogP contribution in [0.2, 0.25) is 0 Å². The van der Waals surface area contributed by atoms with Gasteiger partial charge in [-0.05, 0) is 54.5 Å². The molecule has 1 aliphatic rings. The van der Waals surface area contributed by atoms with Crippen LogP contribution >= 0.6 is 0 Å². The topological polar surface area (TPSA) is 119 Å². The molecule has 1 amide bonds. The standard InChI is InChI=1S/C21H22N4O3/c1-21(2)9-7-13(8-10-21)19-16(5-3-14(24-19)11-18(26)27)25-20(28)17-6-4-15(12-22)23-17/h3-7,23H,8-11H2,1-2H3,(H,25,28)(H,26,27). The molecule has 2 heterocycles. The summed E-state index contributed by atoms with van der Waals surface area (Å²) in [6.45, 7) is 4.41. The molecule has 0 spiro atoms. The second-order valence-electron chi connectivity index (χ2n) is 7.72. The summed E-state index contributed by atoms with van der Waals surface area (Å²) < 4.78 is 0. The zero-order chi connectivity index (χ0) is 20.3. The molecule has 0 fully saturated rings. The van der Waals surface area contributed by atoms with Crippen LogP contribution < -0.4 is 5.32 Å². The number of carbonyl (C=O) groups excluding carboxylic acids is 1. The SMILES string of the molecule is CC1(C)CC=C(c2nc(CC(=O)O)ccc2NC(=O)c2ccc(C#N)[nH]2)CC1. The van der Waals surface area contributed by atoms with Gasteiger partial charge in [-0.25, -0.2) is 0 Å². The van der Waals surface area contributed by atoms with Crippen LogP contribution in [-0.2, 0) is 11.2 Å². The molecule has 2 aromatic heterocycles. The second-order valence-corrected chi connectivity index (χ2v) is 7.72. The summed E-state index contributed by atoms with van der Waals surface area (Å²) in [5.41, 5.74) is 3.37. The molecule has 1 aliphatic carbocycles. The van der Waals surface area contributed by atoms with Crippen LogP contribution in [0.25, 0.3) is 5.57 Å². The van der Waals surface area contributed by atoms with Gasteiger partial charge in [0.15, 0.2) is 0 Å². The molecule has 0 atom stereocenters. The highest BCUT2D eigenvalue weighted by Crippen LogP contribution is 2.39. The van der Waals surface area contributed by atoms with Crippen LogP contribution in [0.4, 0.5) is 5.69 Å². The summed E-state index contributed by atoms with van der Waals surface area (Å²) >= 11 is 0. The van der Waals surface area contributed by atoms with E-state index in [1.807, 2.05) is 6.07 Å². The van der Waals surface area contributed by atoms with Crippen LogP contribution in [0.3, 0.4) is 0 Å². The first-order valence-corrected chi connectivity index (χ1v) is 9.09. The number of aliphatic carboxylic acids is 1. The van der Waals surface area contributed by atoms with E-state index < -0.39 is 5.97 Å². The summed E-state index contributed by atoms with van der Waals surface area (Å²) in [6, 6.07) is 8.33. The monoisotopic (exact) mass is 378 g/mol. The van der Waals surface area contributed by atoms with Gasteiger partial charge in [-0.15, -0.1) is 0 Å². The molecule has 0 aromatic carbocycles. The number of hydrogen-bond donors (Lipinski definition) is 3. The first kappa shape index (κ1) is 19.4. The number of carbonyl (C=O) groups is 2. The number of nitrogens with zero attached hydrogens (tertiary/aromatic N) is 2. The molecule has 7 nitrogen and oxygen atoms in total. The molecule has 0 radical (unpaired) electrons. The Hall–Kier alpha value is -3.40. The molecule has 3 rings (SSSR count). The molecule has 28 heavy (non-hydrogen) atoms. The maximum Gasteiger partial charge on any atom is 0.309 e. The molecule has 7 heteroatoms. The van der Waals surface area contributed by atoms with Crippen LogP contribution in [0.15, 0.2) is 30.3 Å². The summed E-state index contributed by atoms with van der Waals surface area (Å²) in [5, 5.41) is 20.8. The van der Waals surface area contributed by atoms with Gasteiger partial charge in [-0.1, -0.05) is 19.9 Å². The van der Waals surface area contributed by atoms with Crippen molar-refractivity contribution < 1.29 is 14.7 Å². The molecule has 0 saturated carbocycles. The molecular formula is C21H22N4O3. The molecule has 3 N–H and O–H groups in total. The predicted octanol–water partition coefficient (Wildman–Crippen LogP) is 3.75. The maximum absolute atomic E-state index is 12.6. The van der Waals surface area contributed by atoms with Crippen LogP contribution in [0.5, 0.6) is 0 Å². The fraction of sp³-hybridized carbons (Fsp3) is 0.333. The van der Waals surface area contributed by atoms with E-state index in [0.29, 0.717) is 22.8 Å². The zero-order valence-electron chi connectivity index (χ0n) is 15.9. The molecule has 0 aliphatic heterocycles. The average Bonchev–Trinajstić information content (AvgIpc) is 3.12. The molecule has 144 valence electrons. The Bertz CT molecular complexity index is 995.